The minimum absolute atomic E-state index is 0.155. The zero-order valence-electron chi connectivity index (χ0n) is 20.0. The predicted molar refractivity (Wildman–Crippen MR) is 136 cm³/mol. The number of nitrogens with zero attached hydrogens (tertiary/aromatic N) is 3. The Hall–Kier alpha value is -3.84. The minimum Gasteiger partial charge on any atom is -0.454 e. The Morgan fingerprint density at radius 1 is 0.833 bits per heavy atom. The molecule has 0 saturated carbocycles. The van der Waals surface area contributed by atoms with Crippen LogP contribution in [0.15, 0.2) is 72.9 Å². The van der Waals surface area contributed by atoms with Crippen LogP contribution >= 0.6 is 0 Å². The van der Waals surface area contributed by atoms with Crippen LogP contribution in [0.25, 0.3) is 10.9 Å². The number of hydrogen-bond donors (Lipinski definition) is 0. The number of carbonyl (C=O) groups excluding carboxylic acids is 1. The number of amides is 1. The zero-order chi connectivity index (χ0) is 24.5. The molecule has 3 heterocycles. The third-order valence-electron chi connectivity index (χ3n) is 7.05. The van der Waals surface area contributed by atoms with Gasteiger partial charge in [-0.15, -0.1) is 0 Å². The largest absolute Gasteiger partial charge is 0.454 e. The SMILES string of the molecule is O=C(Cc1cn(Cc2ccc(F)cc2)c2ccccc12)N1CCN(Cc2ccc3c(c2)OCO3)CC1. The van der Waals surface area contributed by atoms with Crippen molar-refractivity contribution in [3.05, 3.63) is 95.4 Å². The van der Waals surface area contributed by atoms with E-state index < -0.39 is 0 Å². The second-order valence-electron chi connectivity index (χ2n) is 9.45. The lowest BCUT2D eigenvalue weighted by Gasteiger charge is -2.34. The summed E-state index contributed by atoms with van der Waals surface area (Å²) in [5, 5.41) is 1.09. The quantitative estimate of drug-likeness (QED) is 0.405. The number of ether oxygens (including phenoxy) is 2. The first-order valence-corrected chi connectivity index (χ1v) is 12.3. The lowest BCUT2D eigenvalue weighted by Crippen LogP contribution is -2.48. The van der Waals surface area contributed by atoms with E-state index in [1.165, 1.54) is 17.7 Å². The topological polar surface area (TPSA) is 46.9 Å². The van der Waals surface area contributed by atoms with Crippen LogP contribution in [0.4, 0.5) is 4.39 Å². The molecule has 1 aromatic heterocycles. The molecule has 1 amide bonds. The Balaban J connectivity index is 1.10. The molecule has 36 heavy (non-hydrogen) atoms. The molecule has 0 spiro atoms. The van der Waals surface area contributed by atoms with Crippen LogP contribution in [0.3, 0.4) is 0 Å². The number of rotatable bonds is 6. The highest BCUT2D eigenvalue weighted by atomic mass is 19.1. The van der Waals surface area contributed by atoms with E-state index in [9.17, 15) is 9.18 Å². The highest BCUT2D eigenvalue weighted by Gasteiger charge is 2.23. The highest BCUT2D eigenvalue weighted by Crippen LogP contribution is 2.33. The van der Waals surface area contributed by atoms with Crippen molar-refractivity contribution >= 4 is 16.8 Å². The molecule has 0 radical (unpaired) electrons. The maximum absolute atomic E-state index is 13.3. The number of halogens is 1. The first-order chi connectivity index (χ1) is 17.6. The van der Waals surface area contributed by atoms with E-state index in [1.54, 1.807) is 12.1 Å². The second-order valence-corrected chi connectivity index (χ2v) is 9.45. The van der Waals surface area contributed by atoms with Crippen molar-refractivity contribution in [1.29, 1.82) is 0 Å². The monoisotopic (exact) mass is 485 g/mol. The number of benzene rings is 3. The number of hydrogen-bond acceptors (Lipinski definition) is 4. The standard InChI is InChI=1S/C29H28FN3O3/c30-24-8-5-21(6-9-24)18-33-19-23(25-3-1-2-4-26(25)33)16-29(34)32-13-11-31(12-14-32)17-22-7-10-27-28(15-22)36-20-35-27/h1-10,15,19H,11-14,16-18,20H2. The normalized spacial score (nSPS) is 15.5. The van der Waals surface area contributed by atoms with Gasteiger partial charge in [0, 0.05) is 56.4 Å². The molecule has 0 bridgehead atoms. The summed E-state index contributed by atoms with van der Waals surface area (Å²) < 4.78 is 26.4. The van der Waals surface area contributed by atoms with Gasteiger partial charge in [0.25, 0.3) is 0 Å². The van der Waals surface area contributed by atoms with Crippen molar-refractivity contribution in [1.82, 2.24) is 14.4 Å². The van der Waals surface area contributed by atoms with Crippen LogP contribution in [0.2, 0.25) is 0 Å². The maximum Gasteiger partial charge on any atom is 0.231 e. The first kappa shape index (κ1) is 22.6. The zero-order valence-corrected chi connectivity index (χ0v) is 20.0. The summed E-state index contributed by atoms with van der Waals surface area (Å²) in [6, 6.07) is 20.8. The molecule has 184 valence electrons. The van der Waals surface area contributed by atoms with Gasteiger partial charge in [0.05, 0.1) is 6.42 Å². The van der Waals surface area contributed by atoms with Gasteiger partial charge < -0.3 is 18.9 Å². The fourth-order valence-electron chi connectivity index (χ4n) is 5.11. The van der Waals surface area contributed by atoms with Crippen molar-refractivity contribution in [2.45, 2.75) is 19.5 Å². The van der Waals surface area contributed by atoms with E-state index >= 15 is 0 Å². The molecule has 3 aromatic carbocycles. The molecule has 1 saturated heterocycles. The van der Waals surface area contributed by atoms with Crippen LogP contribution in [0.1, 0.15) is 16.7 Å². The second kappa shape index (κ2) is 9.66. The summed E-state index contributed by atoms with van der Waals surface area (Å²) in [5.74, 6) is 1.52. The highest BCUT2D eigenvalue weighted by molar-refractivity contribution is 5.89. The summed E-state index contributed by atoms with van der Waals surface area (Å²) in [5.41, 5.74) is 4.32. The molecular weight excluding hydrogens is 457 g/mol. The number of para-hydroxylation sites is 1. The maximum atomic E-state index is 13.3. The summed E-state index contributed by atoms with van der Waals surface area (Å²) in [6.07, 6.45) is 2.45. The molecule has 4 aromatic rings. The molecule has 6 rings (SSSR count). The third-order valence-corrected chi connectivity index (χ3v) is 7.05. The van der Waals surface area contributed by atoms with Crippen LogP contribution in [0, 0.1) is 5.82 Å². The van der Waals surface area contributed by atoms with Gasteiger partial charge in [0.1, 0.15) is 5.82 Å². The smallest absolute Gasteiger partial charge is 0.231 e. The minimum atomic E-state index is -0.238. The van der Waals surface area contributed by atoms with Crippen LogP contribution in [-0.2, 0) is 24.3 Å². The van der Waals surface area contributed by atoms with E-state index in [4.69, 9.17) is 9.47 Å². The molecule has 0 N–H and O–H groups in total. The van der Waals surface area contributed by atoms with E-state index in [-0.39, 0.29) is 18.5 Å². The van der Waals surface area contributed by atoms with Gasteiger partial charge >= 0.3 is 0 Å². The lowest BCUT2D eigenvalue weighted by atomic mass is 10.1. The van der Waals surface area contributed by atoms with Gasteiger partial charge in [-0.25, -0.2) is 4.39 Å². The van der Waals surface area contributed by atoms with Gasteiger partial charge in [-0.3, -0.25) is 9.69 Å². The Bertz CT molecular complexity index is 1390. The number of piperazine rings is 1. The van der Waals surface area contributed by atoms with E-state index in [0.717, 1.165) is 66.3 Å². The average Bonchev–Trinajstić information content (AvgIpc) is 3.50. The molecule has 6 nitrogen and oxygen atoms in total. The predicted octanol–water partition coefficient (Wildman–Crippen LogP) is 4.44. The van der Waals surface area contributed by atoms with Crippen LogP contribution < -0.4 is 9.47 Å². The molecule has 1 fully saturated rings. The molecular formula is C29H28FN3O3. The molecule has 0 aliphatic carbocycles. The van der Waals surface area contributed by atoms with Crippen molar-refractivity contribution in [2.75, 3.05) is 33.0 Å². The molecule has 0 unspecified atom stereocenters. The number of carbonyl (C=O) groups is 1. The molecule has 7 heteroatoms. The van der Waals surface area contributed by atoms with Gasteiger partial charge in [-0.1, -0.05) is 36.4 Å². The Labute approximate surface area is 209 Å². The van der Waals surface area contributed by atoms with Gasteiger partial charge in [0.15, 0.2) is 11.5 Å². The van der Waals surface area contributed by atoms with Crippen molar-refractivity contribution in [3.8, 4) is 11.5 Å². The number of aromatic nitrogens is 1. The van der Waals surface area contributed by atoms with Crippen molar-refractivity contribution in [2.24, 2.45) is 0 Å². The lowest BCUT2D eigenvalue weighted by molar-refractivity contribution is -0.132. The van der Waals surface area contributed by atoms with Crippen molar-refractivity contribution < 1.29 is 18.7 Å². The summed E-state index contributed by atoms with van der Waals surface area (Å²) in [7, 11) is 0. The molecule has 2 aliphatic rings. The average molecular weight is 486 g/mol. The van der Waals surface area contributed by atoms with Crippen LogP contribution in [-0.4, -0.2) is 53.2 Å². The van der Waals surface area contributed by atoms with E-state index in [0.29, 0.717) is 13.0 Å². The van der Waals surface area contributed by atoms with Gasteiger partial charge in [-0.05, 0) is 47.0 Å². The van der Waals surface area contributed by atoms with Crippen LogP contribution in [0.5, 0.6) is 11.5 Å². The number of fused-ring (bicyclic) bond motifs is 2. The van der Waals surface area contributed by atoms with E-state index in [1.807, 2.05) is 29.2 Å². The Morgan fingerprint density at radius 3 is 2.42 bits per heavy atom. The van der Waals surface area contributed by atoms with Gasteiger partial charge in [0.2, 0.25) is 12.7 Å². The summed E-state index contributed by atoms with van der Waals surface area (Å²) in [6.45, 7) is 4.86. The molecule has 2 aliphatic heterocycles. The Morgan fingerprint density at radius 2 is 1.58 bits per heavy atom. The summed E-state index contributed by atoms with van der Waals surface area (Å²) >= 11 is 0. The van der Waals surface area contributed by atoms with Gasteiger partial charge in [-0.2, -0.15) is 0 Å². The Kier molecular flexibility index (Phi) is 6.07. The van der Waals surface area contributed by atoms with E-state index in [2.05, 4.69) is 33.9 Å². The summed E-state index contributed by atoms with van der Waals surface area (Å²) in [4.78, 5) is 17.6. The first-order valence-electron chi connectivity index (χ1n) is 12.3. The fourth-order valence-corrected chi connectivity index (χ4v) is 5.11. The third kappa shape index (κ3) is 4.66. The fraction of sp³-hybridized carbons (Fsp3) is 0.276. The molecule has 0 atom stereocenters. The van der Waals surface area contributed by atoms with Crippen molar-refractivity contribution in [3.63, 3.8) is 0 Å².